The molecule has 0 saturated heterocycles. The molecule has 6 nitrogen and oxygen atoms in total. The maximum Gasteiger partial charge on any atom is 0.258 e. The van der Waals surface area contributed by atoms with Crippen LogP contribution in [0.1, 0.15) is 17.4 Å². The third kappa shape index (κ3) is 3.18. The van der Waals surface area contributed by atoms with Crippen LogP contribution in [-0.2, 0) is 11.3 Å². The molecular formula is C18H18N4O2. The van der Waals surface area contributed by atoms with Gasteiger partial charge in [0.05, 0.1) is 17.4 Å². The Bertz CT molecular complexity index is 921. The van der Waals surface area contributed by atoms with Crippen molar-refractivity contribution in [2.24, 2.45) is 5.73 Å². The van der Waals surface area contributed by atoms with Gasteiger partial charge in [0, 0.05) is 0 Å². The third-order valence-electron chi connectivity index (χ3n) is 3.89. The Balaban J connectivity index is 1.92. The minimum Gasteiger partial charge on any atom is -0.368 e. The number of primary amides is 1. The molecule has 1 atom stereocenters. The van der Waals surface area contributed by atoms with Crippen molar-refractivity contribution in [2.45, 2.75) is 12.6 Å². The van der Waals surface area contributed by atoms with E-state index >= 15 is 0 Å². The van der Waals surface area contributed by atoms with Gasteiger partial charge in [-0.3, -0.25) is 14.5 Å². The average Bonchev–Trinajstić information content (AvgIpc) is 2.55. The van der Waals surface area contributed by atoms with E-state index < -0.39 is 11.9 Å². The summed E-state index contributed by atoms with van der Waals surface area (Å²) in [5, 5.41) is 0.540. The number of aromatic nitrogens is 2. The zero-order chi connectivity index (χ0) is 17.1. The molecule has 122 valence electrons. The highest BCUT2D eigenvalue weighted by Gasteiger charge is 2.23. The first kappa shape index (κ1) is 15.9. The van der Waals surface area contributed by atoms with E-state index in [2.05, 4.69) is 9.97 Å². The smallest absolute Gasteiger partial charge is 0.258 e. The first-order valence-corrected chi connectivity index (χ1v) is 7.58. The fourth-order valence-electron chi connectivity index (χ4n) is 2.81. The fourth-order valence-corrected chi connectivity index (χ4v) is 2.81. The lowest BCUT2D eigenvalue weighted by Crippen LogP contribution is -2.35. The third-order valence-corrected chi connectivity index (χ3v) is 3.89. The van der Waals surface area contributed by atoms with E-state index in [1.807, 2.05) is 36.4 Å². The molecule has 24 heavy (non-hydrogen) atoms. The molecule has 0 aliphatic rings. The van der Waals surface area contributed by atoms with Gasteiger partial charge in [0.1, 0.15) is 11.9 Å². The quantitative estimate of drug-likeness (QED) is 0.746. The van der Waals surface area contributed by atoms with E-state index in [-0.39, 0.29) is 5.56 Å². The lowest BCUT2D eigenvalue weighted by Gasteiger charge is -2.25. The van der Waals surface area contributed by atoms with Crippen molar-refractivity contribution >= 4 is 16.8 Å². The summed E-state index contributed by atoms with van der Waals surface area (Å²) in [6, 6.07) is 15.8. The van der Waals surface area contributed by atoms with Crippen molar-refractivity contribution < 1.29 is 4.79 Å². The van der Waals surface area contributed by atoms with Crippen LogP contribution in [-0.4, -0.2) is 27.8 Å². The highest BCUT2D eigenvalue weighted by molar-refractivity contribution is 5.81. The van der Waals surface area contributed by atoms with Gasteiger partial charge in [-0.15, -0.1) is 0 Å². The average molecular weight is 322 g/mol. The second-order valence-electron chi connectivity index (χ2n) is 5.66. The van der Waals surface area contributed by atoms with Gasteiger partial charge in [-0.2, -0.15) is 0 Å². The largest absolute Gasteiger partial charge is 0.368 e. The van der Waals surface area contributed by atoms with Gasteiger partial charge in [-0.05, 0) is 24.7 Å². The number of H-pyrrole nitrogens is 1. The van der Waals surface area contributed by atoms with Gasteiger partial charge in [0.15, 0.2) is 0 Å². The standard InChI is InChI=1S/C18H18N4O2/c1-22(16(17(19)23)12-7-3-2-4-8-12)11-15-20-14-10-6-5-9-13(14)18(24)21-15/h2-10,16H,11H2,1H3,(H2,19,23)(H,20,21,24)/t16-/m0/s1. The first-order chi connectivity index (χ1) is 11.6. The van der Waals surface area contributed by atoms with Gasteiger partial charge >= 0.3 is 0 Å². The molecule has 3 N–H and O–H groups in total. The Labute approximate surface area is 138 Å². The molecule has 0 fully saturated rings. The maximum atomic E-state index is 12.1. The van der Waals surface area contributed by atoms with E-state index in [1.54, 1.807) is 30.1 Å². The van der Waals surface area contributed by atoms with E-state index in [4.69, 9.17) is 5.73 Å². The zero-order valence-electron chi connectivity index (χ0n) is 13.3. The van der Waals surface area contributed by atoms with Crippen LogP contribution < -0.4 is 11.3 Å². The van der Waals surface area contributed by atoms with Gasteiger partial charge in [-0.25, -0.2) is 4.98 Å². The number of nitrogens with one attached hydrogen (secondary N) is 1. The molecule has 0 aliphatic heterocycles. The Morgan fingerprint density at radius 2 is 1.83 bits per heavy atom. The summed E-state index contributed by atoms with van der Waals surface area (Å²) in [6.07, 6.45) is 0. The number of para-hydroxylation sites is 1. The predicted octanol–water partition coefficient (Wildman–Crippen LogP) is 1.58. The maximum absolute atomic E-state index is 12.1. The molecule has 0 unspecified atom stereocenters. The molecule has 3 rings (SSSR count). The Morgan fingerprint density at radius 1 is 1.17 bits per heavy atom. The second-order valence-corrected chi connectivity index (χ2v) is 5.66. The van der Waals surface area contributed by atoms with Crippen LogP contribution in [0.15, 0.2) is 59.4 Å². The molecule has 6 heteroatoms. The summed E-state index contributed by atoms with van der Waals surface area (Å²) in [5.74, 6) is 0.0372. The molecule has 0 saturated carbocycles. The number of amides is 1. The lowest BCUT2D eigenvalue weighted by molar-refractivity contribution is -0.123. The molecule has 1 heterocycles. The van der Waals surface area contributed by atoms with Crippen molar-refractivity contribution in [1.29, 1.82) is 0 Å². The summed E-state index contributed by atoms with van der Waals surface area (Å²) in [7, 11) is 1.78. The number of hydrogen-bond donors (Lipinski definition) is 2. The number of aromatic amines is 1. The van der Waals surface area contributed by atoms with Crippen molar-refractivity contribution in [1.82, 2.24) is 14.9 Å². The molecule has 2 aromatic carbocycles. The number of benzene rings is 2. The highest BCUT2D eigenvalue weighted by Crippen LogP contribution is 2.20. The summed E-state index contributed by atoms with van der Waals surface area (Å²) >= 11 is 0. The van der Waals surface area contributed by atoms with Crippen molar-refractivity contribution in [3.63, 3.8) is 0 Å². The fraction of sp³-hybridized carbons (Fsp3) is 0.167. The minimum absolute atomic E-state index is 0.195. The monoisotopic (exact) mass is 322 g/mol. The highest BCUT2D eigenvalue weighted by atomic mass is 16.1. The SMILES string of the molecule is CN(Cc1nc2ccccc2c(=O)[nH]1)[C@H](C(N)=O)c1ccccc1. The molecule has 0 radical (unpaired) electrons. The number of carbonyl (C=O) groups is 1. The van der Waals surface area contributed by atoms with Crippen LogP contribution in [0.25, 0.3) is 10.9 Å². The first-order valence-electron chi connectivity index (χ1n) is 7.58. The number of rotatable bonds is 5. The number of carbonyl (C=O) groups excluding carboxylic acids is 1. The van der Waals surface area contributed by atoms with Crippen LogP contribution in [0.4, 0.5) is 0 Å². The van der Waals surface area contributed by atoms with Gasteiger partial charge in [0.25, 0.3) is 5.56 Å². The molecule has 1 aromatic heterocycles. The number of hydrogen-bond acceptors (Lipinski definition) is 4. The summed E-state index contributed by atoms with van der Waals surface area (Å²) in [6.45, 7) is 0.294. The zero-order valence-corrected chi connectivity index (χ0v) is 13.3. The normalized spacial score (nSPS) is 12.4. The topological polar surface area (TPSA) is 92.1 Å². The van der Waals surface area contributed by atoms with Gasteiger partial charge in [0.2, 0.25) is 5.91 Å². The van der Waals surface area contributed by atoms with Crippen LogP contribution in [0, 0.1) is 0 Å². The van der Waals surface area contributed by atoms with Crippen molar-refractivity contribution in [2.75, 3.05) is 7.05 Å². The number of likely N-dealkylation sites (N-methyl/N-ethyl adjacent to an activating group) is 1. The van der Waals surface area contributed by atoms with E-state index in [0.717, 1.165) is 5.56 Å². The molecule has 0 spiro atoms. The van der Waals surface area contributed by atoms with Crippen LogP contribution in [0.3, 0.4) is 0 Å². The summed E-state index contributed by atoms with van der Waals surface area (Å²) < 4.78 is 0. The number of fused-ring (bicyclic) bond motifs is 1. The predicted molar refractivity (Wildman–Crippen MR) is 92.2 cm³/mol. The van der Waals surface area contributed by atoms with Crippen LogP contribution in [0.5, 0.6) is 0 Å². The molecular weight excluding hydrogens is 304 g/mol. The Morgan fingerprint density at radius 3 is 2.54 bits per heavy atom. The lowest BCUT2D eigenvalue weighted by atomic mass is 10.1. The van der Waals surface area contributed by atoms with Crippen molar-refractivity contribution in [3.8, 4) is 0 Å². The van der Waals surface area contributed by atoms with E-state index in [9.17, 15) is 9.59 Å². The van der Waals surface area contributed by atoms with Crippen LogP contribution >= 0.6 is 0 Å². The number of nitrogens with two attached hydrogens (primary N) is 1. The summed E-state index contributed by atoms with van der Waals surface area (Å²) in [4.78, 5) is 33.0. The van der Waals surface area contributed by atoms with Crippen LogP contribution in [0.2, 0.25) is 0 Å². The van der Waals surface area contributed by atoms with Crippen molar-refractivity contribution in [3.05, 3.63) is 76.3 Å². The molecule has 1 amide bonds. The second kappa shape index (κ2) is 6.64. The Hall–Kier alpha value is -2.99. The minimum atomic E-state index is -0.594. The molecule has 0 bridgehead atoms. The molecule has 0 aliphatic carbocycles. The molecule has 3 aromatic rings. The van der Waals surface area contributed by atoms with E-state index in [0.29, 0.717) is 23.3 Å². The van der Waals surface area contributed by atoms with E-state index in [1.165, 1.54) is 0 Å². The summed E-state index contributed by atoms with van der Waals surface area (Å²) in [5.41, 5.74) is 6.80. The Kier molecular flexibility index (Phi) is 4.39. The number of nitrogens with zero attached hydrogens (tertiary/aromatic N) is 2. The van der Waals surface area contributed by atoms with Gasteiger partial charge in [-0.1, -0.05) is 42.5 Å². The van der Waals surface area contributed by atoms with Gasteiger partial charge < -0.3 is 10.7 Å².